The first-order chi connectivity index (χ1) is 5.08. The summed E-state index contributed by atoms with van der Waals surface area (Å²) in [5, 5.41) is 2.12. The van der Waals surface area contributed by atoms with Gasteiger partial charge in [-0.15, -0.1) is 5.59 Å². The van der Waals surface area contributed by atoms with E-state index in [-0.39, 0.29) is 5.60 Å². The van der Waals surface area contributed by atoms with E-state index in [1.807, 2.05) is 20.8 Å². The molecular weight excluding hydrogens is 140 g/mol. The maximum absolute atomic E-state index is 5.39. The summed E-state index contributed by atoms with van der Waals surface area (Å²) in [4.78, 5) is 5.39. The molecule has 11 heavy (non-hydrogen) atoms. The van der Waals surface area contributed by atoms with Crippen molar-refractivity contribution in [1.82, 2.24) is 10.6 Å². The van der Waals surface area contributed by atoms with E-state index in [0.29, 0.717) is 0 Å². The van der Waals surface area contributed by atoms with E-state index in [1.54, 1.807) is 0 Å². The number of nitrogens with zero attached hydrogens (tertiary/aromatic N) is 1. The predicted octanol–water partition coefficient (Wildman–Crippen LogP) is 1.32. The van der Waals surface area contributed by atoms with Gasteiger partial charge in [0.25, 0.3) is 0 Å². The molecule has 3 heteroatoms. The summed E-state index contributed by atoms with van der Waals surface area (Å²) in [6.07, 6.45) is 2.56. The van der Waals surface area contributed by atoms with Gasteiger partial charge in [-0.3, -0.25) is 4.84 Å². The minimum atomic E-state index is -0.0947. The lowest BCUT2D eigenvalue weighted by atomic mass is 10.2. The van der Waals surface area contributed by atoms with Crippen LogP contribution in [0.3, 0.4) is 0 Å². The Labute approximate surface area is 68.6 Å². The van der Waals surface area contributed by atoms with Crippen LogP contribution in [0.2, 0.25) is 0 Å². The molecule has 1 saturated heterocycles. The van der Waals surface area contributed by atoms with E-state index in [9.17, 15) is 0 Å². The summed E-state index contributed by atoms with van der Waals surface area (Å²) < 4.78 is 0. The molecule has 0 aromatic rings. The molecule has 1 aliphatic heterocycles. The first-order valence-electron chi connectivity index (χ1n) is 4.26. The van der Waals surface area contributed by atoms with Gasteiger partial charge in [-0.1, -0.05) is 0 Å². The molecule has 0 spiro atoms. The minimum Gasteiger partial charge on any atom is -0.281 e. The first-order valence-corrected chi connectivity index (χ1v) is 4.26. The van der Waals surface area contributed by atoms with Gasteiger partial charge < -0.3 is 0 Å². The fourth-order valence-corrected chi connectivity index (χ4v) is 1.01. The van der Waals surface area contributed by atoms with Gasteiger partial charge >= 0.3 is 0 Å². The minimum absolute atomic E-state index is 0.0947. The molecule has 1 rings (SSSR count). The Balaban J connectivity index is 2.11. The molecule has 1 N–H and O–H groups in total. The van der Waals surface area contributed by atoms with Crippen LogP contribution < -0.4 is 5.59 Å². The molecule has 0 radical (unpaired) electrons. The van der Waals surface area contributed by atoms with Gasteiger partial charge in [0.1, 0.15) is 0 Å². The topological polar surface area (TPSA) is 24.5 Å². The van der Waals surface area contributed by atoms with E-state index >= 15 is 0 Å². The largest absolute Gasteiger partial charge is 0.281 e. The van der Waals surface area contributed by atoms with Gasteiger partial charge in [0.2, 0.25) is 0 Å². The molecule has 0 aromatic heterocycles. The van der Waals surface area contributed by atoms with E-state index in [1.165, 1.54) is 12.8 Å². The SMILES string of the molecule is CC(C)(C)ONN1CCCC1. The van der Waals surface area contributed by atoms with E-state index < -0.39 is 0 Å². The van der Waals surface area contributed by atoms with Crippen molar-refractivity contribution in [3.8, 4) is 0 Å². The van der Waals surface area contributed by atoms with Crippen LogP contribution in [0.5, 0.6) is 0 Å². The Bertz CT molecular complexity index is 114. The Morgan fingerprint density at radius 1 is 1.18 bits per heavy atom. The average molecular weight is 158 g/mol. The summed E-state index contributed by atoms with van der Waals surface area (Å²) in [6, 6.07) is 0. The second kappa shape index (κ2) is 3.52. The van der Waals surface area contributed by atoms with Crippen LogP contribution in [0.15, 0.2) is 0 Å². The van der Waals surface area contributed by atoms with Crippen LogP contribution in [0.4, 0.5) is 0 Å². The zero-order valence-electron chi connectivity index (χ0n) is 7.68. The summed E-state index contributed by atoms with van der Waals surface area (Å²) in [6.45, 7) is 8.33. The van der Waals surface area contributed by atoms with E-state index in [0.717, 1.165) is 13.1 Å². The zero-order valence-corrected chi connectivity index (χ0v) is 7.68. The lowest BCUT2D eigenvalue weighted by Gasteiger charge is -2.24. The van der Waals surface area contributed by atoms with Crippen molar-refractivity contribution in [2.24, 2.45) is 0 Å². The summed E-state index contributed by atoms with van der Waals surface area (Å²) in [5.41, 5.74) is 2.86. The number of nitrogens with one attached hydrogen (secondary N) is 1. The molecule has 1 fully saturated rings. The van der Waals surface area contributed by atoms with Crippen LogP contribution >= 0.6 is 0 Å². The Hall–Kier alpha value is -0.120. The standard InChI is InChI=1S/C8H18N2O/c1-8(2,3)11-9-10-6-4-5-7-10/h9H,4-7H2,1-3H3. The fraction of sp³-hybridized carbons (Fsp3) is 1.00. The number of hydrogen-bond donors (Lipinski definition) is 1. The first kappa shape index (κ1) is 8.97. The maximum atomic E-state index is 5.39. The summed E-state index contributed by atoms with van der Waals surface area (Å²) in [7, 11) is 0. The van der Waals surface area contributed by atoms with Crippen LogP contribution in [0.25, 0.3) is 0 Å². The van der Waals surface area contributed by atoms with E-state index in [4.69, 9.17) is 4.84 Å². The Kier molecular flexibility index (Phi) is 2.87. The molecule has 3 nitrogen and oxygen atoms in total. The van der Waals surface area contributed by atoms with Crippen molar-refractivity contribution in [1.29, 1.82) is 0 Å². The molecule has 0 aliphatic carbocycles. The van der Waals surface area contributed by atoms with Crippen LogP contribution in [-0.4, -0.2) is 23.7 Å². The second-order valence-corrected chi connectivity index (χ2v) is 4.00. The highest BCUT2D eigenvalue weighted by atomic mass is 16.7. The molecule has 0 amide bonds. The monoisotopic (exact) mass is 158 g/mol. The van der Waals surface area contributed by atoms with Gasteiger partial charge in [0, 0.05) is 13.1 Å². The molecule has 0 aromatic carbocycles. The second-order valence-electron chi connectivity index (χ2n) is 4.00. The molecule has 0 bridgehead atoms. The highest BCUT2D eigenvalue weighted by Gasteiger charge is 2.15. The van der Waals surface area contributed by atoms with Crippen molar-refractivity contribution < 1.29 is 4.84 Å². The highest BCUT2D eigenvalue weighted by molar-refractivity contribution is 4.61. The Morgan fingerprint density at radius 2 is 1.73 bits per heavy atom. The number of rotatable bonds is 2. The van der Waals surface area contributed by atoms with Gasteiger partial charge in [0.15, 0.2) is 0 Å². The molecule has 1 heterocycles. The molecule has 0 saturated carbocycles. The molecule has 66 valence electrons. The molecule has 0 atom stereocenters. The lowest BCUT2D eigenvalue weighted by Crippen LogP contribution is -2.40. The lowest BCUT2D eigenvalue weighted by molar-refractivity contribution is -0.148. The van der Waals surface area contributed by atoms with Crippen LogP contribution in [0.1, 0.15) is 33.6 Å². The molecular formula is C8H18N2O. The van der Waals surface area contributed by atoms with Crippen molar-refractivity contribution in [3.63, 3.8) is 0 Å². The maximum Gasteiger partial charge on any atom is 0.0829 e. The fourth-order valence-electron chi connectivity index (χ4n) is 1.01. The normalized spacial score (nSPS) is 21.0. The molecule has 0 unspecified atom stereocenters. The summed E-state index contributed by atoms with van der Waals surface area (Å²) >= 11 is 0. The predicted molar refractivity (Wildman–Crippen MR) is 44.8 cm³/mol. The number of hydrogen-bond acceptors (Lipinski definition) is 3. The Morgan fingerprint density at radius 3 is 2.18 bits per heavy atom. The van der Waals surface area contributed by atoms with Gasteiger partial charge in [-0.05, 0) is 33.6 Å². The van der Waals surface area contributed by atoms with Crippen molar-refractivity contribution in [2.45, 2.75) is 39.2 Å². The third-order valence-corrected chi connectivity index (χ3v) is 1.59. The van der Waals surface area contributed by atoms with Crippen LogP contribution in [0, 0.1) is 0 Å². The zero-order chi connectivity index (χ0) is 8.32. The van der Waals surface area contributed by atoms with Crippen LogP contribution in [-0.2, 0) is 4.84 Å². The quantitative estimate of drug-likeness (QED) is 0.613. The van der Waals surface area contributed by atoms with Gasteiger partial charge in [-0.2, -0.15) is 0 Å². The van der Waals surface area contributed by atoms with Crippen molar-refractivity contribution in [2.75, 3.05) is 13.1 Å². The average Bonchev–Trinajstić information content (AvgIpc) is 2.32. The highest BCUT2D eigenvalue weighted by Crippen LogP contribution is 2.08. The third kappa shape index (κ3) is 3.70. The number of hydrazine groups is 1. The summed E-state index contributed by atoms with van der Waals surface area (Å²) in [5.74, 6) is 0. The van der Waals surface area contributed by atoms with Crippen molar-refractivity contribution >= 4 is 0 Å². The van der Waals surface area contributed by atoms with Crippen molar-refractivity contribution in [3.05, 3.63) is 0 Å². The van der Waals surface area contributed by atoms with Gasteiger partial charge in [-0.25, -0.2) is 5.01 Å². The smallest absolute Gasteiger partial charge is 0.0829 e. The van der Waals surface area contributed by atoms with Gasteiger partial charge in [0.05, 0.1) is 5.60 Å². The molecule has 1 aliphatic rings. The third-order valence-electron chi connectivity index (χ3n) is 1.59. The van der Waals surface area contributed by atoms with E-state index in [2.05, 4.69) is 10.6 Å².